The zero-order valence-corrected chi connectivity index (χ0v) is 13.2. The first-order valence-corrected chi connectivity index (χ1v) is 8.08. The highest BCUT2D eigenvalue weighted by atomic mass is 35.5. The van der Waals surface area contributed by atoms with Gasteiger partial charge in [-0.15, -0.1) is 11.6 Å². The van der Waals surface area contributed by atoms with Gasteiger partial charge in [0.25, 0.3) is 0 Å². The predicted molar refractivity (Wildman–Crippen MR) is 85.4 cm³/mol. The Morgan fingerprint density at radius 3 is 2.90 bits per heavy atom. The molecular weight excluding hydrogens is 268 g/mol. The van der Waals surface area contributed by atoms with Crippen molar-refractivity contribution < 1.29 is 4.74 Å². The normalized spacial score (nSPS) is 21.9. The molecule has 1 aromatic rings. The Bertz CT molecular complexity index is 498. The van der Waals surface area contributed by atoms with Crippen molar-refractivity contribution >= 4 is 11.6 Å². The first kappa shape index (κ1) is 15.3. The highest BCUT2D eigenvalue weighted by Gasteiger charge is 2.22. The number of hydrogen-bond donors (Lipinski definition) is 0. The molecule has 108 valence electrons. The van der Waals surface area contributed by atoms with Crippen molar-refractivity contribution in [1.29, 1.82) is 0 Å². The predicted octanol–water partition coefficient (Wildman–Crippen LogP) is 4.93. The largest absolute Gasteiger partial charge is 0.490 e. The summed E-state index contributed by atoms with van der Waals surface area (Å²) in [4.78, 5) is 0. The van der Waals surface area contributed by atoms with Crippen LogP contribution in [0.25, 0.3) is 0 Å². The van der Waals surface area contributed by atoms with Crippen LogP contribution in [0.3, 0.4) is 0 Å². The van der Waals surface area contributed by atoms with E-state index in [0.29, 0.717) is 12.0 Å². The molecule has 1 nitrogen and oxygen atoms in total. The molecule has 0 amide bonds. The lowest BCUT2D eigenvalue weighted by molar-refractivity contribution is 0.121. The number of aryl methyl sites for hydroxylation is 1. The van der Waals surface area contributed by atoms with E-state index in [2.05, 4.69) is 31.8 Å². The highest BCUT2D eigenvalue weighted by molar-refractivity contribution is 6.19. The van der Waals surface area contributed by atoms with Gasteiger partial charge < -0.3 is 4.74 Å². The SMILES string of the molecule is CCC1CCCC(Oc2ccc(C#CCCl)cc2C)C1. The fraction of sp³-hybridized carbons (Fsp3) is 0.556. The fourth-order valence-corrected chi connectivity index (χ4v) is 2.96. The summed E-state index contributed by atoms with van der Waals surface area (Å²) in [5, 5.41) is 0. The second kappa shape index (κ2) is 7.60. The van der Waals surface area contributed by atoms with E-state index in [-0.39, 0.29) is 0 Å². The summed E-state index contributed by atoms with van der Waals surface area (Å²) < 4.78 is 6.20. The van der Waals surface area contributed by atoms with Crippen LogP contribution in [-0.4, -0.2) is 12.0 Å². The van der Waals surface area contributed by atoms with Gasteiger partial charge >= 0.3 is 0 Å². The Hall–Kier alpha value is -1.13. The smallest absolute Gasteiger partial charge is 0.122 e. The highest BCUT2D eigenvalue weighted by Crippen LogP contribution is 2.30. The maximum absolute atomic E-state index is 6.20. The van der Waals surface area contributed by atoms with Gasteiger partial charge in [0.1, 0.15) is 5.75 Å². The van der Waals surface area contributed by atoms with Gasteiger partial charge in [-0.2, -0.15) is 0 Å². The van der Waals surface area contributed by atoms with Gasteiger partial charge in [0.05, 0.1) is 12.0 Å². The van der Waals surface area contributed by atoms with Crippen LogP contribution in [0.1, 0.15) is 50.2 Å². The molecule has 0 bridgehead atoms. The van der Waals surface area contributed by atoms with Gasteiger partial charge in [0.2, 0.25) is 0 Å². The molecule has 0 radical (unpaired) electrons. The number of halogens is 1. The molecule has 1 aliphatic carbocycles. The van der Waals surface area contributed by atoms with Crippen LogP contribution in [-0.2, 0) is 0 Å². The van der Waals surface area contributed by atoms with Gasteiger partial charge in [-0.05, 0) is 55.9 Å². The molecular formula is C18H23ClO. The van der Waals surface area contributed by atoms with Gasteiger partial charge in [-0.25, -0.2) is 0 Å². The Morgan fingerprint density at radius 2 is 2.20 bits per heavy atom. The van der Waals surface area contributed by atoms with Gasteiger partial charge in [-0.3, -0.25) is 0 Å². The van der Waals surface area contributed by atoms with Crippen molar-refractivity contribution in [2.24, 2.45) is 5.92 Å². The van der Waals surface area contributed by atoms with E-state index in [0.717, 1.165) is 22.8 Å². The quantitative estimate of drug-likeness (QED) is 0.566. The van der Waals surface area contributed by atoms with Crippen molar-refractivity contribution in [3.05, 3.63) is 29.3 Å². The van der Waals surface area contributed by atoms with Crippen LogP contribution in [0, 0.1) is 24.7 Å². The third-order valence-corrected chi connectivity index (χ3v) is 4.21. The van der Waals surface area contributed by atoms with E-state index in [9.17, 15) is 0 Å². The third-order valence-electron chi connectivity index (χ3n) is 4.08. The van der Waals surface area contributed by atoms with Gasteiger partial charge in [-0.1, -0.05) is 31.6 Å². The minimum absolute atomic E-state index is 0.373. The molecule has 0 spiro atoms. The van der Waals surface area contributed by atoms with E-state index < -0.39 is 0 Å². The van der Waals surface area contributed by atoms with Gasteiger partial charge in [0, 0.05) is 5.56 Å². The van der Waals surface area contributed by atoms with Crippen LogP contribution < -0.4 is 4.74 Å². The minimum atomic E-state index is 0.373. The summed E-state index contributed by atoms with van der Waals surface area (Å²) in [7, 11) is 0. The second-order valence-corrected chi connectivity index (χ2v) is 5.86. The summed E-state index contributed by atoms with van der Waals surface area (Å²) in [6.45, 7) is 4.37. The van der Waals surface area contributed by atoms with Gasteiger partial charge in [0.15, 0.2) is 0 Å². The standard InChI is InChI=1S/C18H23ClO/c1-3-15-6-4-8-17(13-15)20-18-10-9-16(7-5-11-19)12-14(18)2/h9-10,12,15,17H,3-4,6,8,11,13H2,1-2H3. The first-order chi connectivity index (χ1) is 9.72. The number of hydrogen-bond acceptors (Lipinski definition) is 1. The lowest BCUT2D eigenvalue weighted by Gasteiger charge is -2.29. The maximum atomic E-state index is 6.20. The summed E-state index contributed by atoms with van der Waals surface area (Å²) in [6, 6.07) is 6.14. The molecule has 0 aromatic heterocycles. The summed E-state index contributed by atoms with van der Waals surface area (Å²) in [6.07, 6.45) is 6.69. The lowest BCUT2D eigenvalue weighted by atomic mass is 9.85. The van der Waals surface area contributed by atoms with Crippen molar-refractivity contribution in [2.75, 3.05) is 5.88 Å². The summed E-state index contributed by atoms with van der Waals surface area (Å²) >= 11 is 5.58. The molecule has 2 rings (SSSR count). The molecule has 0 saturated heterocycles. The Morgan fingerprint density at radius 1 is 1.35 bits per heavy atom. The second-order valence-electron chi connectivity index (χ2n) is 5.60. The maximum Gasteiger partial charge on any atom is 0.122 e. The number of ether oxygens (including phenoxy) is 1. The van der Waals surface area contributed by atoms with Crippen LogP contribution >= 0.6 is 11.6 Å². The average Bonchev–Trinajstić information content (AvgIpc) is 2.48. The van der Waals surface area contributed by atoms with E-state index in [4.69, 9.17) is 16.3 Å². The van der Waals surface area contributed by atoms with Crippen molar-refractivity contribution in [3.8, 4) is 17.6 Å². The van der Waals surface area contributed by atoms with Crippen LogP contribution in [0.5, 0.6) is 5.75 Å². The van der Waals surface area contributed by atoms with Crippen LogP contribution in [0.4, 0.5) is 0 Å². The molecule has 1 aromatic carbocycles. The number of alkyl halides is 1. The Balaban J connectivity index is 2.02. The van der Waals surface area contributed by atoms with E-state index in [1.807, 2.05) is 12.1 Å². The molecule has 1 aliphatic rings. The number of benzene rings is 1. The Kier molecular flexibility index (Phi) is 5.80. The Labute approximate surface area is 127 Å². The van der Waals surface area contributed by atoms with E-state index in [1.165, 1.54) is 32.1 Å². The molecule has 0 N–H and O–H groups in total. The number of rotatable bonds is 3. The van der Waals surface area contributed by atoms with Crippen molar-refractivity contribution in [1.82, 2.24) is 0 Å². The monoisotopic (exact) mass is 290 g/mol. The van der Waals surface area contributed by atoms with Crippen LogP contribution in [0.15, 0.2) is 18.2 Å². The summed E-state index contributed by atoms with van der Waals surface area (Å²) in [5.74, 6) is 8.14. The van der Waals surface area contributed by atoms with E-state index >= 15 is 0 Å². The van der Waals surface area contributed by atoms with E-state index in [1.54, 1.807) is 0 Å². The molecule has 2 atom stereocenters. The van der Waals surface area contributed by atoms with Crippen LogP contribution in [0.2, 0.25) is 0 Å². The molecule has 1 saturated carbocycles. The third kappa shape index (κ3) is 4.18. The summed E-state index contributed by atoms with van der Waals surface area (Å²) in [5.41, 5.74) is 2.16. The fourth-order valence-electron chi connectivity index (χ4n) is 2.89. The minimum Gasteiger partial charge on any atom is -0.490 e. The first-order valence-electron chi connectivity index (χ1n) is 7.55. The topological polar surface area (TPSA) is 9.23 Å². The molecule has 2 heteroatoms. The van der Waals surface area contributed by atoms with Crippen molar-refractivity contribution in [2.45, 2.75) is 52.1 Å². The molecule has 20 heavy (non-hydrogen) atoms. The lowest BCUT2D eigenvalue weighted by Crippen LogP contribution is -2.25. The zero-order valence-electron chi connectivity index (χ0n) is 12.4. The molecule has 2 unspecified atom stereocenters. The van der Waals surface area contributed by atoms with Crippen molar-refractivity contribution in [3.63, 3.8) is 0 Å². The molecule has 1 fully saturated rings. The molecule has 0 heterocycles. The molecule has 0 aliphatic heterocycles. The average molecular weight is 291 g/mol. The zero-order chi connectivity index (χ0) is 14.4.